The molecule has 9 heterocycles. The molecule has 19 heteroatoms. The summed E-state index contributed by atoms with van der Waals surface area (Å²) in [6.45, 7) is 16.6. The first kappa shape index (κ1) is 46.5. The molecule has 11 rings (SSSR count). The van der Waals surface area contributed by atoms with Gasteiger partial charge >= 0.3 is 0 Å². The van der Waals surface area contributed by atoms with Crippen LogP contribution >= 0.6 is 0 Å². The Morgan fingerprint density at radius 1 is 0.803 bits per heavy atom. The molecule has 3 aromatic heterocycles. The molecule has 2 aromatic carbocycles. The maximum Gasteiger partial charge on any atom is 0.262 e. The summed E-state index contributed by atoms with van der Waals surface area (Å²) in [5.74, 6) is 0.952. The van der Waals surface area contributed by atoms with E-state index in [1.807, 2.05) is 56.3 Å². The quantitative estimate of drug-likeness (QED) is 0.173. The van der Waals surface area contributed by atoms with Crippen LogP contribution in [0.3, 0.4) is 0 Å². The molecule has 0 spiro atoms. The van der Waals surface area contributed by atoms with Gasteiger partial charge in [0, 0.05) is 105 Å². The molecule has 4 atom stereocenters. The number of pyridine rings is 1. The van der Waals surface area contributed by atoms with Crippen molar-refractivity contribution in [3.63, 3.8) is 0 Å². The summed E-state index contributed by atoms with van der Waals surface area (Å²) >= 11 is 0. The van der Waals surface area contributed by atoms with Crippen molar-refractivity contribution >= 4 is 57.8 Å². The normalized spacial score (nSPS) is 24.1. The fourth-order valence-electron chi connectivity index (χ4n) is 12.2. The van der Waals surface area contributed by atoms with E-state index in [0.717, 1.165) is 115 Å². The molecule has 2 N–H and O–H groups in total. The number of nitrogens with zero attached hydrogens (tertiary/aromatic N) is 12. The number of hydrogen-bond acceptors (Lipinski definition) is 15. The summed E-state index contributed by atoms with van der Waals surface area (Å²) in [5, 5.41) is 23.3. The molecule has 4 amide bonds. The summed E-state index contributed by atoms with van der Waals surface area (Å²) in [6.07, 6.45) is 6.89. The number of ketones is 1. The topological polar surface area (TPSA) is 202 Å². The number of carbonyl (C=O) groups excluding carboxylic acids is 5. The van der Waals surface area contributed by atoms with Crippen molar-refractivity contribution in [2.45, 2.75) is 96.8 Å². The zero-order valence-corrected chi connectivity index (χ0v) is 41.2. The highest BCUT2D eigenvalue weighted by Crippen LogP contribution is 2.36. The van der Waals surface area contributed by atoms with Gasteiger partial charge in [-0.15, -0.1) is 0 Å². The molecule has 0 aliphatic carbocycles. The second-order valence-electron chi connectivity index (χ2n) is 20.8. The molecule has 370 valence electrons. The maximum atomic E-state index is 13.9. The van der Waals surface area contributed by atoms with Gasteiger partial charge in [-0.2, -0.15) is 5.10 Å². The van der Waals surface area contributed by atoms with Crippen LogP contribution in [-0.2, 0) is 20.8 Å². The van der Waals surface area contributed by atoms with Crippen LogP contribution in [-0.4, -0.2) is 157 Å². The Labute approximate surface area is 412 Å². The largest absolute Gasteiger partial charge is 0.371 e. The zero-order chi connectivity index (χ0) is 49.2. The highest BCUT2D eigenvalue weighted by molar-refractivity contribution is 6.23. The van der Waals surface area contributed by atoms with Gasteiger partial charge in [-0.1, -0.05) is 11.2 Å². The number of aromatic nitrogens is 7. The second-order valence-corrected chi connectivity index (χ2v) is 20.8. The number of piperidine rings is 3. The maximum absolute atomic E-state index is 13.9. The lowest BCUT2D eigenvalue weighted by molar-refractivity contribution is -0.136. The Hall–Kier alpha value is -6.86. The van der Waals surface area contributed by atoms with Crippen molar-refractivity contribution in [1.82, 2.24) is 55.4 Å². The third kappa shape index (κ3) is 8.65. The standard InChI is InChI=1S/C52H62N14O5/c1-30-26-63(45-24-37(12-17-53-45)48-41-22-36(6-9-42(41)55-56-48)23-44(67)47-32(3)60(5)52-57-58-59-66(52)33(47)4)27-31(2)64(30)29-35-13-18-61(19-14-35)28-34-15-20-62(21-16-34)38-7-8-39-40(25-38)51(71)65(50(39)70)43-10-11-46(68)54-49(43)69/h6-9,12,17,22,24-25,30-31,33-35,43H,10-11,13-16,18-21,23,26-29H2,1-5H3,(H,55,56)(H,54,68,69)/t30-,31+,33?,43?. The van der Waals surface area contributed by atoms with Gasteiger partial charge in [0.1, 0.15) is 17.6 Å². The van der Waals surface area contributed by atoms with E-state index in [0.29, 0.717) is 46.6 Å². The first-order valence-corrected chi connectivity index (χ1v) is 25.3. The van der Waals surface area contributed by atoms with Crippen LogP contribution in [0.15, 0.2) is 66.0 Å². The van der Waals surface area contributed by atoms with E-state index in [1.54, 1.807) is 16.8 Å². The lowest BCUT2D eigenvalue weighted by Crippen LogP contribution is -2.58. The van der Waals surface area contributed by atoms with Gasteiger partial charge in [0.15, 0.2) is 5.78 Å². The lowest BCUT2D eigenvalue weighted by atomic mass is 9.91. The number of imide groups is 2. The van der Waals surface area contributed by atoms with Gasteiger partial charge < -0.3 is 19.6 Å². The molecule has 4 saturated heterocycles. The number of rotatable bonds is 11. The van der Waals surface area contributed by atoms with E-state index in [2.05, 4.69) is 71.5 Å². The highest BCUT2D eigenvalue weighted by atomic mass is 16.2. The molecule has 0 bridgehead atoms. The molecule has 0 radical (unpaired) electrons. The highest BCUT2D eigenvalue weighted by Gasteiger charge is 2.45. The molecule has 71 heavy (non-hydrogen) atoms. The number of anilines is 3. The van der Waals surface area contributed by atoms with Crippen molar-refractivity contribution in [3.8, 4) is 11.3 Å². The van der Waals surface area contributed by atoms with Gasteiger partial charge in [-0.25, -0.2) is 9.67 Å². The first-order valence-electron chi connectivity index (χ1n) is 25.3. The fourth-order valence-corrected chi connectivity index (χ4v) is 12.2. The summed E-state index contributed by atoms with van der Waals surface area (Å²) in [7, 11) is 1.88. The number of hydrogen-bond donors (Lipinski definition) is 2. The predicted octanol–water partition coefficient (Wildman–Crippen LogP) is 4.64. The number of fused-ring (bicyclic) bond motifs is 3. The lowest BCUT2D eigenvalue weighted by Gasteiger charge is -2.47. The number of allylic oxidation sites excluding steroid dienone is 2. The fraction of sp³-hybridized carbons (Fsp3) is 0.500. The third-order valence-electron chi connectivity index (χ3n) is 16.3. The Bertz CT molecular complexity index is 2950. The number of aromatic amines is 1. The van der Waals surface area contributed by atoms with E-state index in [9.17, 15) is 24.0 Å². The number of benzene rings is 2. The van der Waals surface area contributed by atoms with Crippen molar-refractivity contribution in [2.24, 2.45) is 11.8 Å². The average molecular weight is 963 g/mol. The van der Waals surface area contributed by atoms with E-state index >= 15 is 0 Å². The Morgan fingerprint density at radius 3 is 2.30 bits per heavy atom. The van der Waals surface area contributed by atoms with Crippen LogP contribution in [0.4, 0.5) is 17.5 Å². The van der Waals surface area contributed by atoms with Crippen LogP contribution in [0.1, 0.15) is 98.5 Å². The van der Waals surface area contributed by atoms with Gasteiger partial charge in [0.2, 0.25) is 17.8 Å². The number of H-pyrrole nitrogens is 1. The molecule has 5 aromatic rings. The van der Waals surface area contributed by atoms with Crippen LogP contribution < -0.4 is 20.0 Å². The van der Waals surface area contributed by atoms with Gasteiger partial charge in [0.05, 0.1) is 22.7 Å². The number of piperazine rings is 1. The number of likely N-dealkylation sites (tertiary alicyclic amines) is 1. The van der Waals surface area contributed by atoms with Gasteiger partial charge in [0.25, 0.3) is 11.8 Å². The monoisotopic (exact) mass is 963 g/mol. The minimum Gasteiger partial charge on any atom is -0.371 e. The SMILES string of the molecule is CC1=C(C(=O)Cc2ccc3[nH]nc(-c4ccnc(N5C[C@@H](C)N(CC6CCN(CC7CCN(c8ccc9c(c8)C(=O)N(C8CCC(=O)NC8=O)C9=O)CC7)CC6)[C@@H](C)C5)c4)c3c2)C(C)n2nnnc2N1C. The second kappa shape index (κ2) is 18.7. The number of nitrogens with one attached hydrogen (secondary N) is 2. The van der Waals surface area contributed by atoms with Crippen LogP contribution in [0.5, 0.6) is 0 Å². The van der Waals surface area contributed by atoms with E-state index in [-0.39, 0.29) is 37.0 Å². The third-order valence-corrected chi connectivity index (χ3v) is 16.3. The molecular formula is C52H62N14O5. The van der Waals surface area contributed by atoms with E-state index in [1.165, 1.54) is 12.8 Å². The van der Waals surface area contributed by atoms with E-state index < -0.39 is 23.8 Å². The van der Waals surface area contributed by atoms with Crippen molar-refractivity contribution in [3.05, 3.63) is 82.7 Å². The molecule has 2 unspecified atom stereocenters. The average Bonchev–Trinajstić information content (AvgIpc) is 4.10. The summed E-state index contributed by atoms with van der Waals surface area (Å²) in [6, 6.07) is 15.2. The molecule has 4 fully saturated rings. The number of Topliss-reactive ketones (excluding diaryl/α,β-unsaturated/α-hetero) is 1. The zero-order valence-electron chi connectivity index (χ0n) is 41.2. The van der Waals surface area contributed by atoms with Crippen molar-refractivity contribution in [1.29, 1.82) is 0 Å². The first-order chi connectivity index (χ1) is 34.3. The van der Waals surface area contributed by atoms with Crippen LogP contribution in [0.2, 0.25) is 0 Å². The number of amides is 4. The summed E-state index contributed by atoms with van der Waals surface area (Å²) in [4.78, 5) is 82.6. The summed E-state index contributed by atoms with van der Waals surface area (Å²) < 4.78 is 1.69. The molecule has 6 aliphatic heterocycles. The molecule has 19 nitrogen and oxygen atoms in total. The molecular weight excluding hydrogens is 901 g/mol. The molecule has 6 aliphatic rings. The predicted molar refractivity (Wildman–Crippen MR) is 267 cm³/mol. The van der Waals surface area contributed by atoms with Crippen molar-refractivity contribution < 1.29 is 24.0 Å². The van der Waals surface area contributed by atoms with Crippen LogP contribution in [0, 0.1) is 11.8 Å². The van der Waals surface area contributed by atoms with Gasteiger partial charge in [-0.3, -0.25) is 44.2 Å². The Morgan fingerprint density at radius 2 is 1.54 bits per heavy atom. The van der Waals surface area contributed by atoms with Crippen molar-refractivity contribution in [2.75, 3.05) is 74.1 Å². The summed E-state index contributed by atoms with van der Waals surface area (Å²) in [5.41, 5.74) is 6.77. The number of tetrazole rings is 1. The smallest absolute Gasteiger partial charge is 0.262 e. The minimum atomic E-state index is -0.964. The minimum absolute atomic E-state index is 0.0392. The number of carbonyl (C=O) groups is 5. The van der Waals surface area contributed by atoms with Crippen LogP contribution in [0.25, 0.3) is 22.2 Å². The van der Waals surface area contributed by atoms with E-state index in [4.69, 9.17) is 10.1 Å². The van der Waals surface area contributed by atoms with Gasteiger partial charge in [-0.05, 0) is 143 Å². The Kier molecular flexibility index (Phi) is 12.3. The Balaban J connectivity index is 0.656. The molecule has 0 saturated carbocycles.